The quantitative estimate of drug-likeness (QED) is 0.886. The third kappa shape index (κ3) is 3.53. The molecule has 5 nitrogen and oxygen atoms in total. The van der Waals surface area contributed by atoms with Gasteiger partial charge in [-0.05, 0) is 37.5 Å². The van der Waals surface area contributed by atoms with Crippen molar-refractivity contribution in [3.05, 3.63) is 29.0 Å². The highest BCUT2D eigenvalue weighted by molar-refractivity contribution is 6.31. The average molecular weight is 342 g/mol. The van der Waals surface area contributed by atoms with Crippen LogP contribution in [-0.2, 0) is 0 Å². The van der Waals surface area contributed by atoms with Gasteiger partial charge in [-0.25, -0.2) is 9.18 Å². The monoisotopic (exact) mass is 341 g/mol. The van der Waals surface area contributed by atoms with E-state index >= 15 is 0 Å². The van der Waals surface area contributed by atoms with Crippen molar-refractivity contribution in [2.24, 2.45) is 0 Å². The van der Waals surface area contributed by atoms with Crippen molar-refractivity contribution in [2.75, 3.05) is 31.1 Å². The molecule has 126 valence electrons. The van der Waals surface area contributed by atoms with Gasteiger partial charge in [-0.1, -0.05) is 11.6 Å². The molecule has 1 aromatic rings. The van der Waals surface area contributed by atoms with Crippen LogP contribution < -0.4 is 10.2 Å². The first-order valence-electron chi connectivity index (χ1n) is 7.96. The van der Waals surface area contributed by atoms with Crippen LogP contribution in [0.5, 0.6) is 0 Å². The highest BCUT2D eigenvalue weighted by Crippen LogP contribution is 2.26. The molecule has 2 aliphatic rings. The molecule has 0 aromatic heterocycles. The maximum absolute atomic E-state index is 13.2. The molecule has 2 amide bonds. The highest BCUT2D eigenvalue weighted by Gasteiger charge is 2.31. The van der Waals surface area contributed by atoms with Gasteiger partial charge in [0.05, 0.1) is 17.7 Å². The minimum Gasteiger partial charge on any atom is -0.394 e. The molecule has 3 rings (SSSR count). The summed E-state index contributed by atoms with van der Waals surface area (Å²) in [6.07, 6.45) is 2.62. The lowest BCUT2D eigenvalue weighted by molar-refractivity contribution is 0.155. The second-order valence-electron chi connectivity index (χ2n) is 6.15. The number of hydrogen-bond donors (Lipinski definition) is 2. The van der Waals surface area contributed by atoms with Crippen LogP contribution in [0.15, 0.2) is 18.2 Å². The molecule has 1 unspecified atom stereocenters. The number of likely N-dealkylation sites (tertiary alicyclic amines) is 1. The summed E-state index contributed by atoms with van der Waals surface area (Å²) < 4.78 is 13.2. The van der Waals surface area contributed by atoms with E-state index in [1.165, 1.54) is 6.07 Å². The Kier molecular flexibility index (Phi) is 4.92. The normalized spacial score (nSPS) is 24.3. The number of urea groups is 1. The number of benzene rings is 1. The lowest BCUT2D eigenvalue weighted by atomic mass is 10.2. The first kappa shape index (κ1) is 16.3. The van der Waals surface area contributed by atoms with E-state index in [4.69, 9.17) is 11.6 Å². The van der Waals surface area contributed by atoms with E-state index in [1.807, 2.05) is 0 Å². The Labute approximate surface area is 140 Å². The van der Waals surface area contributed by atoms with Crippen LogP contribution in [0.2, 0.25) is 5.02 Å². The van der Waals surface area contributed by atoms with E-state index < -0.39 is 5.82 Å². The zero-order valence-electron chi connectivity index (χ0n) is 12.8. The Morgan fingerprint density at radius 2 is 2.22 bits per heavy atom. The van der Waals surface area contributed by atoms with Crippen LogP contribution in [0.4, 0.5) is 14.9 Å². The Hall–Kier alpha value is -1.53. The average Bonchev–Trinajstić information content (AvgIpc) is 3.18. The summed E-state index contributed by atoms with van der Waals surface area (Å²) >= 11 is 5.83. The number of carbonyl (C=O) groups excluding carboxylic acids is 1. The lowest BCUT2D eigenvalue weighted by Crippen LogP contribution is -2.48. The van der Waals surface area contributed by atoms with Gasteiger partial charge >= 0.3 is 6.03 Å². The Bertz CT molecular complexity index is 586. The van der Waals surface area contributed by atoms with Gasteiger partial charge in [0.1, 0.15) is 5.82 Å². The van der Waals surface area contributed by atoms with E-state index in [2.05, 4.69) is 10.2 Å². The molecule has 1 aromatic carbocycles. The second kappa shape index (κ2) is 6.93. The third-order valence-corrected chi connectivity index (χ3v) is 4.92. The van der Waals surface area contributed by atoms with Crippen molar-refractivity contribution in [1.82, 2.24) is 10.2 Å². The molecule has 7 heteroatoms. The van der Waals surface area contributed by atoms with Crippen molar-refractivity contribution in [3.8, 4) is 0 Å². The number of nitrogens with zero attached hydrogens (tertiary/aromatic N) is 2. The molecule has 0 radical (unpaired) electrons. The Morgan fingerprint density at radius 3 is 2.96 bits per heavy atom. The molecule has 0 saturated carbocycles. The molecule has 2 saturated heterocycles. The molecule has 2 atom stereocenters. The topological polar surface area (TPSA) is 55.8 Å². The number of rotatable bonds is 3. The fourth-order valence-electron chi connectivity index (χ4n) is 3.34. The van der Waals surface area contributed by atoms with E-state index in [1.54, 1.807) is 17.0 Å². The maximum atomic E-state index is 13.2. The first-order valence-corrected chi connectivity index (χ1v) is 8.34. The minimum atomic E-state index is -0.427. The van der Waals surface area contributed by atoms with Crippen LogP contribution in [0.3, 0.4) is 0 Å². The Balaban J connectivity index is 1.57. The van der Waals surface area contributed by atoms with Crippen molar-refractivity contribution >= 4 is 23.3 Å². The van der Waals surface area contributed by atoms with E-state index in [0.29, 0.717) is 13.1 Å². The van der Waals surface area contributed by atoms with Gasteiger partial charge in [-0.3, -0.25) is 0 Å². The third-order valence-electron chi connectivity index (χ3n) is 4.63. The van der Waals surface area contributed by atoms with Crippen molar-refractivity contribution in [1.29, 1.82) is 0 Å². The van der Waals surface area contributed by atoms with Gasteiger partial charge in [0.15, 0.2) is 0 Å². The standard InChI is InChI=1S/C16H21ClFN3O2/c17-14-8-12(3-4-15(14)18)20-7-5-11(9-20)19-16(23)21-6-1-2-13(21)10-22/h3-4,8,11,13,22H,1-2,5-7,9-10H2,(H,19,23)/t11?,13-/m1/s1. The van der Waals surface area contributed by atoms with Crippen LogP contribution in [-0.4, -0.2) is 54.4 Å². The van der Waals surface area contributed by atoms with Gasteiger partial charge < -0.3 is 20.2 Å². The first-order chi connectivity index (χ1) is 11.1. The van der Waals surface area contributed by atoms with Crippen LogP contribution in [0.25, 0.3) is 0 Å². The summed E-state index contributed by atoms with van der Waals surface area (Å²) in [5, 5.41) is 12.5. The molecule has 0 bridgehead atoms. The number of halogens is 2. The van der Waals surface area contributed by atoms with Crippen LogP contribution >= 0.6 is 11.6 Å². The number of nitrogens with one attached hydrogen (secondary N) is 1. The van der Waals surface area contributed by atoms with Gasteiger partial charge in [-0.15, -0.1) is 0 Å². The maximum Gasteiger partial charge on any atom is 0.318 e. The smallest absolute Gasteiger partial charge is 0.318 e. The minimum absolute atomic E-state index is 0.0122. The number of amides is 2. The molecule has 0 aliphatic carbocycles. The summed E-state index contributed by atoms with van der Waals surface area (Å²) in [5.41, 5.74) is 0.863. The van der Waals surface area contributed by atoms with E-state index in [-0.39, 0.29) is 29.7 Å². The van der Waals surface area contributed by atoms with Crippen LogP contribution in [0.1, 0.15) is 19.3 Å². The Morgan fingerprint density at radius 1 is 1.39 bits per heavy atom. The predicted octanol–water partition coefficient (Wildman–Crippen LogP) is 2.22. The van der Waals surface area contributed by atoms with Gasteiger partial charge in [-0.2, -0.15) is 0 Å². The highest BCUT2D eigenvalue weighted by atomic mass is 35.5. The lowest BCUT2D eigenvalue weighted by Gasteiger charge is -2.25. The molecular formula is C16H21ClFN3O2. The van der Waals surface area contributed by atoms with Gasteiger partial charge in [0.2, 0.25) is 0 Å². The molecule has 2 heterocycles. The number of carbonyl (C=O) groups is 1. The van der Waals surface area contributed by atoms with Crippen molar-refractivity contribution < 1.29 is 14.3 Å². The van der Waals surface area contributed by atoms with E-state index in [0.717, 1.165) is 31.5 Å². The molecular weight excluding hydrogens is 321 g/mol. The SMILES string of the molecule is O=C(NC1CCN(c2ccc(F)c(Cl)c2)C1)N1CCC[C@@H]1CO. The van der Waals surface area contributed by atoms with Gasteiger partial charge in [0.25, 0.3) is 0 Å². The number of hydrogen-bond acceptors (Lipinski definition) is 3. The number of aliphatic hydroxyl groups is 1. The number of aliphatic hydroxyl groups excluding tert-OH is 1. The zero-order chi connectivity index (χ0) is 16.4. The summed E-state index contributed by atoms with van der Waals surface area (Å²) in [6, 6.07) is 4.55. The van der Waals surface area contributed by atoms with Crippen LogP contribution in [0, 0.1) is 5.82 Å². The summed E-state index contributed by atoms with van der Waals surface area (Å²) in [5.74, 6) is -0.427. The van der Waals surface area contributed by atoms with Gasteiger partial charge in [0, 0.05) is 31.4 Å². The predicted molar refractivity (Wildman–Crippen MR) is 87.4 cm³/mol. The molecule has 2 aliphatic heterocycles. The van der Waals surface area contributed by atoms with Crippen molar-refractivity contribution in [2.45, 2.75) is 31.3 Å². The molecule has 2 N–H and O–H groups in total. The summed E-state index contributed by atoms with van der Waals surface area (Å²) in [6.45, 7) is 2.17. The molecule has 2 fully saturated rings. The largest absolute Gasteiger partial charge is 0.394 e. The molecule has 0 spiro atoms. The summed E-state index contributed by atoms with van der Waals surface area (Å²) in [7, 11) is 0. The number of anilines is 1. The summed E-state index contributed by atoms with van der Waals surface area (Å²) in [4.78, 5) is 16.1. The fourth-order valence-corrected chi connectivity index (χ4v) is 3.52. The fraction of sp³-hybridized carbons (Fsp3) is 0.562. The second-order valence-corrected chi connectivity index (χ2v) is 6.56. The molecule has 23 heavy (non-hydrogen) atoms. The zero-order valence-corrected chi connectivity index (χ0v) is 13.6. The van der Waals surface area contributed by atoms with Crippen molar-refractivity contribution in [3.63, 3.8) is 0 Å². The van der Waals surface area contributed by atoms with E-state index in [9.17, 15) is 14.3 Å².